The second-order valence-corrected chi connectivity index (χ2v) is 5.38. The lowest BCUT2D eigenvalue weighted by Crippen LogP contribution is -1.89. The number of aromatic nitrogens is 1. The van der Waals surface area contributed by atoms with E-state index in [9.17, 15) is 0 Å². The average Bonchev–Trinajstić information content (AvgIpc) is 2.32. The first-order valence-corrected chi connectivity index (χ1v) is 6.59. The van der Waals surface area contributed by atoms with Crippen molar-refractivity contribution in [2.24, 2.45) is 0 Å². The predicted molar refractivity (Wildman–Crippen MR) is 78.9 cm³/mol. The summed E-state index contributed by atoms with van der Waals surface area (Å²) in [7, 11) is 0. The van der Waals surface area contributed by atoms with Gasteiger partial charge in [-0.1, -0.05) is 24.3 Å². The Kier molecular flexibility index (Phi) is 2.60. The van der Waals surface area contributed by atoms with Crippen molar-refractivity contribution >= 4 is 50.4 Å². The summed E-state index contributed by atoms with van der Waals surface area (Å²) < 4.78 is 1.02. The van der Waals surface area contributed by atoms with E-state index >= 15 is 0 Å². The summed E-state index contributed by atoms with van der Waals surface area (Å²) in [5.74, 6) is 0. The fourth-order valence-corrected chi connectivity index (χ4v) is 2.85. The zero-order chi connectivity index (χ0) is 12.0. The fourth-order valence-electron chi connectivity index (χ4n) is 2.14. The van der Waals surface area contributed by atoms with Crippen LogP contribution in [-0.2, 0) is 0 Å². The Morgan fingerprint density at radius 2 is 1.65 bits per heavy atom. The third kappa shape index (κ3) is 1.65. The highest BCUT2D eigenvalue weighted by Crippen LogP contribution is 2.31. The van der Waals surface area contributed by atoms with Gasteiger partial charge in [0.25, 0.3) is 0 Å². The summed E-state index contributed by atoms with van der Waals surface area (Å²) in [5, 5.41) is 2.36. The van der Waals surface area contributed by atoms with E-state index in [4.69, 9.17) is 4.98 Å². The lowest BCUT2D eigenvalue weighted by atomic mass is 10.0. The van der Waals surface area contributed by atoms with Gasteiger partial charge in [0.2, 0.25) is 0 Å². The van der Waals surface area contributed by atoms with Gasteiger partial charge in [-0.3, -0.25) is 0 Å². The van der Waals surface area contributed by atoms with Crippen LogP contribution in [0.3, 0.4) is 0 Å². The zero-order valence-corrected chi connectivity index (χ0v) is 11.7. The predicted octanol–water partition coefficient (Wildman–Crippen LogP) is 4.75. The molecule has 0 aliphatic heterocycles. The van der Waals surface area contributed by atoms with Gasteiger partial charge < -0.3 is 0 Å². The van der Waals surface area contributed by atoms with Crippen molar-refractivity contribution in [3.8, 4) is 0 Å². The number of nitrogens with zero attached hydrogens (tertiary/aromatic N) is 1. The lowest BCUT2D eigenvalue weighted by Gasteiger charge is -2.09. The van der Waals surface area contributed by atoms with Gasteiger partial charge in [-0.2, -0.15) is 0 Å². The molecule has 0 amide bonds. The number of rotatable bonds is 0. The molecule has 0 saturated carbocycles. The highest BCUT2D eigenvalue weighted by molar-refractivity contribution is 9.10. The van der Waals surface area contributed by atoms with Crippen LogP contribution in [0.2, 0.25) is 0 Å². The van der Waals surface area contributed by atoms with E-state index in [-0.39, 0.29) is 0 Å². The lowest BCUT2D eigenvalue weighted by molar-refractivity contribution is 1.38. The third-order valence-corrected chi connectivity index (χ3v) is 4.03. The number of pyridine rings is 1. The molecular formula is C14H10BrNS. The molecule has 0 radical (unpaired) electrons. The van der Waals surface area contributed by atoms with E-state index < -0.39 is 0 Å². The van der Waals surface area contributed by atoms with Crippen molar-refractivity contribution in [1.82, 2.24) is 4.98 Å². The second kappa shape index (κ2) is 4.00. The summed E-state index contributed by atoms with van der Waals surface area (Å²) in [6.07, 6.45) is 0. The molecule has 0 atom stereocenters. The number of aryl methyl sites for hydroxylation is 1. The molecule has 1 nitrogen and oxygen atoms in total. The Bertz CT molecular complexity index is 677. The standard InChI is InChI=1S/C14H10BrNS/c1-8-9-4-2-6-11(15)13(9)16-14-10(8)5-3-7-12(14)17/h2-7,17H,1H3. The molecule has 0 N–H and O–H groups in total. The van der Waals surface area contributed by atoms with Crippen LogP contribution < -0.4 is 0 Å². The molecule has 3 heteroatoms. The van der Waals surface area contributed by atoms with E-state index in [1.54, 1.807) is 0 Å². The maximum absolute atomic E-state index is 4.71. The minimum absolute atomic E-state index is 0.920. The van der Waals surface area contributed by atoms with E-state index in [2.05, 4.69) is 47.6 Å². The van der Waals surface area contributed by atoms with E-state index in [1.165, 1.54) is 16.3 Å². The second-order valence-electron chi connectivity index (χ2n) is 4.05. The SMILES string of the molecule is Cc1c2cccc(S)c2nc2c(Br)cccc12. The molecule has 17 heavy (non-hydrogen) atoms. The topological polar surface area (TPSA) is 12.9 Å². The van der Waals surface area contributed by atoms with Gasteiger partial charge in [-0.15, -0.1) is 12.6 Å². The Balaban J connectivity index is 2.62. The van der Waals surface area contributed by atoms with E-state index in [0.29, 0.717) is 0 Å². The molecule has 0 fully saturated rings. The van der Waals surface area contributed by atoms with E-state index in [0.717, 1.165) is 20.4 Å². The number of hydrogen-bond donors (Lipinski definition) is 1. The van der Waals surface area contributed by atoms with Gasteiger partial charge in [0.05, 0.1) is 11.0 Å². The fraction of sp³-hybridized carbons (Fsp3) is 0.0714. The quantitative estimate of drug-likeness (QED) is 0.467. The molecule has 0 saturated heterocycles. The molecule has 3 rings (SSSR count). The van der Waals surface area contributed by atoms with Crippen molar-refractivity contribution in [1.29, 1.82) is 0 Å². The first-order chi connectivity index (χ1) is 8.18. The van der Waals surface area contributed by atoms with Gasteiger partial charge in [-0.25, -0.2) is 4.98 Å². The molecule has 2 aromatic carbocycles. The zero-order valence-electron chi connectivity index (χ0n) is 9.24. The number of thiol groups is 1. The van der Waals surface area contributed by atoms with Crippen LogP contribution in [0.15, 0.2) is 45.8 Å². The summed E-state index contributed by atoms with van der Waals surface area (Å²) in [5.41, 5.74) is 3.22. The molecule has 1 heterocycles. The first kappa shape index (κ1) is 11.1. The molecule has 0 unspecified atom stereocenters. The normalized spacial score (nSPS) is 11.2. The summed E-state index contributed by atoms with van der Waals surface area (Å²) in [6, 6.07) is 12.2. The van der Waals surface area contributed by atoms with Gasteiger partial charge >= 0.3 is 0 Å². The minimum atomic E-state index is 0.920. The number of hydrogen-bond acceptors (Lipinski definition) is 2. The molecule has 0 aliphatic carbocycles. The molecule has 0 spiro atoms. The Morgan fingerprint density at radius 3 is 2.41 bits per heavy atom. The van der Waals surface area contributed by atoms with Crippen LogP contribution in [0.5, 0.6) is 0 Å². The van der Waals surface area contributed by atoms with Crippen LogP contribution in [0.1, 0.15) is 5.56 Å². The van der Waals surface area contributed by atoms with Crippen LogP contribution in [0.25, 0.3) is 21.8 Å². The van der Waals surface area contributed by atoms with Gasteiger partial charge in [-0.05, 0) is 40.5 Å². The minimum Gasteiger partial charge on any atom is -0.245 e. The van der Waals surface area contributed by atoms with Crippen LogP contribution >= 0.6 is 28.6 Å². The molecule has 0 bridgehead atoms. The van der Waals surface area contributed by atoms with Gasteiger partial charge in [0, 0.05) is 20.1 Å². The average molecular weight is 304 g/mol. The molecular weight excluding hydrogens is 294 g/mol. The van der Waals surface area contributed by atoms with Crippen LogP contribution in [-0.4, -0.2) is 4.98 Å². The van der Waals surface area contributed by atoms with Crippen molar-refractivity contribution in [3.63, 3.8) is 0 Å². The molecule has 1 aromatic heterocycles. The Labute approximate surface area is 113 Å². The Morgan fingerprint density at radius 1 is 1.00 bits per heavy atom. The summed E-state index contributed by atoms with van der Waals surface area (Å²) >= 11 is 8.03. The van der Waals surface area contributed by atoms with Crippen molar-refractivity contribution in [2.45, 2.75) is 11.8 Å². The number of para-hydroxylation sites is 2. The molecule has 84 valence electrons. The number of halogens is 1. The molecule has 0 aliphatic rings. The number of fused-ring (bicyclic) bond motifs is 2. The maximum atomic E-state index is 4.71. The smallest absolute Gasteiger partial charge is 0.0854 e. The monoisotopic (exact) mass is 303 g/mol. The van der Waals surface area contributed by atoms with Crippen molar-refractivity contribution < 1.29 is 0 Å². The number of benzene rings is 2. The van der Waals surface area contributed by atoms with Gasteiger partial charge in [0.1, 0.15) is 0 Å². The Hall–Kier alpha value is -1.06. The van der Waals surface area contributed by atoms with Crippen molar-refractivity contribution in [2.75, 3.05) is 0 Å². The molecule has 3 aromatic rings. The summed E-state index contributed by atoms with van der Waals surface area (Å²) in [6.45, 7) is 2.13. The third-order valence-electron chi connectivity index (χ3n) is 3.03. The van der Waals surface area contributed by atoms with Crippen molar-refractivity contribution in [3.05, 3.63) is 46.4 Å². The maximum Gasteiger partial charge on any atom is 0.0854 e. The van der Waals surface area contributed by atoms with Crippen LogP contribution in [0.4, 0.5) is 0 Å². The van der Waals surface area contributed by atoms with E-state index in [1.807, 2.05) is 24.3 Å². The highest BCUT2D eigenvalue weighted by atomic mass is 79.9. The van der Waals surface area contributed by atoms with Gasteiger partial charge in [0.15, 0.2) is 0 Å². The highest BCUT2D eigenvalue weighted by Gasteiger charge is 2.08. The summed E-state index contributed by atoms with van der Waals surface area (Å²) in [4.78, 5) is 5.63. The largest absolute Gasteiger partial charge is 0.245 e. The van der Waals surface area contributed by atoms with Crippen LogP contribution in [0, 0.1) is 6.92 Å². The first-order valence-electron chi connectivity index (χ1n) is 5.35.